The number of benzene rings is 1. The molecule has 0 fully saturated rings. The minimum absolute atomic E-state index is 0.192. The van der Waals surface area contributed by atoms with E-state index in [2.05, 4.69) is 5.32 Å². The van der Waals surface area contributed by atoms with Crippen LogP contribution in [0, 0.1) is 16.7 Å². The molecule has 1 heterocycles. The Hall–Kier alpha value is -2.54. The van der Waals surface area contributed by atoms with Gasteiger partial charge in [-0.3, -0.25) is 10.1 Å². The van der Waals surface area contributed by atoms with Gasteiger partial charge >= 0.3 is 0 Å². The van der Waals surface area contributed by atoms with E-state index in [9.17, 15) is 4.79 Å². The Morgan fingerprint density at radius 3 is 2.45 bits per heavy atom. The zero-order chi connectivity index (χ0) is 14.8. The van der Waals surface area contributed by atoms with Crippen molar-refractivity contribution in [1.29, 1.82) is 5.26 Å². The lowest BCUT2D eigenvalue weighted by Crippen LogP contribution is -2.27. The Morgan fingerprint density at radius 2 is 1.90 bits per heavy atom. The maximum absolute atomic E-state index is 12.0. The van der Waals surface area contributed by atoms with Gasteiger partial charge in [0.1, 0.15) is 17.4 Å². The van der Waals surface area contributed by atoms with E-state index < -0.39 is 5.41 Å². The van der Waals surface area contributed by atoms with Crippen molar-refractivity contribution in [2.45, 2.75) is 20.8 Å². The van der Waals surface area contributed by atoms with Crippen LogP contribution in [0.2, 0.25) is 0 Å². The number of furan rings is 1. The number of amides is 1. The Balaban J connectivity index is 2.34. The first kappa shape index (κ1) is 13.9. The Kier molecular flexibility index (Phi) is 3.62. The minimum atomic E-state index is -0.549. The normalized spacial score (nSPS) is 10.9. The third-order valence-electron chi connectivity index (χ3n) is 2.82. The fourth-order valence-electron chi connectivity index (χ4n) is 1.60. The summed E-state index contributed by atoms with van der Waals surface area (Å²) in [5.41, 5.74) is 0.633. The molecule has 1 aromatic carbocycles. The van der Waals surface area contributed by atoms with Gasteiger partial charge in [0, 0.05) is 17.0 Å². The van der Waals surface area contributed by atoms with Gasteiger partial charge in [0.2, 0.25) is 11.8 Å². The van der Waals surface area contributed by atoms with Gasteiger partial charge in [-0.25, -0.2) is 0 Å². The number of carbonyl (C=O) groups is 1. The maximum Gasteiger partial charge on any atom is 0.232 e. The van der Waals surface area contributed by atoms with Gasteiger partial charge in [-0.2, -0.15) is 5.26 Å². The first-order valence-electron chi connectivity index (χ1n) is 6.32. The van der Waals surface area contributed by atoms with Crippen LogP contribution in [0.25, 0.3) is 11.3 Å². The van der Waals surface area contributed by atoms with Crippen LogP contribution in [0.15, 0.2) is 40.8 Å². The SMILES string of the molecule is CC(C)(C)C(=O)Nc1oc(-c2ccccc2)cc1C#N. The van der Waals surface area contributed by atoms with E-state index in [-0.39, 0.29) is 11.8 Å². The highest BCUT2D eigenvalue weighted by molar-refractivity contribution is 5.94. The molecule has 0 aliphatic heterocycles. The fourth-order valence-corrected chi connectivity index (χ4v) is 1.60. The van der Waals surface area contributed by atoms with E-state index in [1.807, 2.05) is 36.4 Å². The molecule has 0 aliphatic rings. The summed E-state index contributed by atoms with van der Waals surface area (Å²) in [4.78, 5) is 12.0. The van der Waals surface area contributed by atoms with Crippen LogP contribution in [0.1, 0.15) is 26.3 Å². The van der Waals surface area contributed by atoms with Crippen molar-refractivity contribution in [2.75, 3.05) is 5.32 Å². The highest BCUT2D eigenvalue weighted by Crippen LogP contribution is 2.29. The molecule has 2 rings (SSSR count). The number of rotatable bonds is 2. The molecule has 1 N–H and O–H groups in total. The van der Waals surface area contributed by atoms with Gasteiger partial charge in [-0.05, 0) is 0 Å². The van der Waals surface area contributed by atoms with Gasteiger partial charge in [-0.1, -0.05) is 51.1 Å². The van der Waals surface area contributed by atoms with E-state index >= 15 is 0 Å². The van der Waals surface area contributed by atoms with E-state index in [0.29, 0.717) is 11.3 Å². The predicted octanol–water partition coefficient (Wildman–Crippen LogP) is 3.80. The lowest BCUT2D eigenvalue weighted by Gasteiger charge is -2.16. The second kappa shape index (κ2) is 5.22. The number of carbonyl (C=O) groups excluding carboxylic acids is 1. The van der Waals surface area contributed by atoms with Crippen molar-refractivity contribution in [3.05, 3.63) is 42.0 Å². The average Bonchev–Trinajstić information content (AvgIpc) is 2.82. The van der Waals surface area contributed by atoms with Gasteiger partial charge in [0.25, 0.3) is 0 Å². The third-order valence-corrected chi connectivity index (χ3v) is 2.82. The van der Waals surface area contributed by atoms with Crippen LogP contribution in [0.3, 0.4) is 0 Å². The van der Waals surface area contributed by atoms with Crippen molar-refractivity contribution in [2.24, 2.45) is 5.41 Å². The van der Waals surface area contributed by atoms with E-state index in [0.717, 1.165) is 5.56 Å². The van der Waals surface area contributed by atoms with E-state index in [4.69, 9.17) is 9.68 Å². The summed E-state index contributed by atoms with van der Waals surface area (Å²) >= 11 is 0. The molecule has 1 aromatic heterocycles. The standard InChI is InChI=1S/C16H16N2O2/c1-16(2,3)15(19)18-14-12(10-17)9-13(20-14)11-7-5-4-6-8-11/h4-9H,1-3H3,(H,18,19). The van der Waals surface area contributed by atoms with Gasteiger partial charge < -0.3 is 4.42 Å². The first-order chi connectivity index (χ1) is 9.41. The summed E-state index contributed by atoms with van der Waals surface area (Å²) in [7, 11) is 0. The monoisotopic (exact) mass is 268 g/mol. The Morgan fingerprint density at radius 1 is 1.25 bits per heavy atom. The van der Waals surface area contributed by atoms with Crippen molar-refractivity contribution < 1.29 is 9.21 Å². The average molecular weight is 268 g/mol. The molecule has 4 nitrogen and oxygen atoms in total. The van der Waals surface area contributed by atoms with Gasteiger partial charge in [-0.15, -0.1) is 0 Å². The summed E-state index contributed by atoms with van der Waals surface area (Å²) in [6, 6.07) is 13.1. The van der Waals surface area contributed by atoms with Gasteiger partial charge in [0.05, 0.1) is 0 Å². The summed E-state index contributed by atoms with van der Waals surface area (Å²) in [5, 5.41) is 11.8. The summed E-state index contributed by atoms with van der Waals surface area (Å²) in [5.74, 6) is 0.570. The topological polar surface area (TPSA) is 66.0 Å². The maximum atomic E-state index is 12.0. The molecule has 102 valence electrons. The van der Waals surface area contributed by atoms with Crippen LogP contribution < -0.4 is 5.32 Å². The third kappa shape index (κ3) is 2.89. The van der Waals surface area contributed by atoms with Crippen LogP contribution in [0.5, 0.6) is 0 Å². The number of hydrogen-bond donors (Lipinski definition) is 1. The second-order valence-corrected chi connectivity index (χ2v) is 5.54. The Bertz CT molecular complexity index is 658. The smallest absolute Gasteiger partial charge is 0.232 e. The molecule has 0 bridgehead atoms. The number of anilines is 1. The first-order valence-corrected chi connectivity index (χ1v) is 6.32. The van der Waals surface area contributed by atoms with Crippen molar-refractivity contribution in [1.82, 2.24) is 0 Å². The molecule has 20 heavy (non-hydrogen) atoms. The lowest BCUT2D eigenvalue weighted by molar-refractivity contribution is -0.123. The van der Waals surface area contributed by atoms with Gasteiger partial charge in [0.15, 0.2) is 0 Å². The largest absolute Gasteiger partial charge is 0.439 e. The van der Waals surface area contributed by atoms with Crippen LogP contribution in [-0.4, -0.2) is 5.91 Å². The summed E-state index contributed by atoms with van der Waals surface area (Å²) < 4.78 is 5.60. The Labute approximate surface area is 118 Å². The molecule has 0 radical (unpaired) electrons. The molecular formula is C16H16N2O2. The molecule has 1 amide bonds. The molecule has 4 heteroatoms. The highest BCUT2D eigenvalue weighted by Gasteiger charge is 2.24. The van der Waals surface area contributed by atoms with Crippen molar-refractivity contribution >= 4 is 11.8 Å². The zero-order valence-corrected chi connectivity index (χ0v) is 11.7. The number of nitriles is 1. The quantitative estimate of drug-likeness (QED) is 0.900. The second-order valence-electron chi connectivity index (χ2n) is 5.54. The molecule has 0 unspecified atom stereocenters. The molecule has 0 atom stereocenters. The number of hydrogen-bond acceptors (Lipinski definition) is 3. The molecule has 0 saturated heterocycles. The van der Waals surface area contributed by atoms with E-state index in [1.165, 1.54) is 0 Å². The predicted molar refractivity (Wildman–Crippen MR) is 76.9 cm³/mol. The van der Waals surface area contributed by atoms with Crippen LogP contribution >= 0.6 is 0 Å². The van der Waals surface area contributed by atoms with Crippen LogP contribution in [-0.2, 0) is 4.79 Å². The molecule has 0 aliphatic carbocycles. The fraction of sp³-hybridized carbons (Fsp3) is 0.250. The van der Waals surface area contributed by atoms with Crippen molar-refractivity contribution in [3.8, 4) is 17.4 Å². The zero-order valence-electron chi connectivity index (χ0n) is 11.7. The molecular weight excluding hydrogens is 252 g/mol. The van der Waals surface area contributed by atoms with Crippen molar-refractivity contribution in [3.63, 3.8) is 0 Å². The molecule has 0 saturated carbocycles. The highest BCUT2D eigenvalue weighted by atomic mass is 16.4. The number of nitrogens with zero attached hydrogens (tertiary/aromatic N) is 1. The lowest BCUT2D eigenvalue weighted by atomic mass is 9.96. The summed E-state index contributed by atoms with van der Waals surface area (Å²) in [6.07, 6.45) is 0. The van der Waals surface area contributed by atoms with E-state index in [1.54, 1.807) is 26.8 Å². The van der Waals surface area contributed by atoms with Crippen LogP contribution in [0.4, 0.5) is 5.88 Å². The molecule has 2 aromatic rings. The number of nitrogens with one attached hydrogen (secondary N) is 1. The minimum Gasteiger partial charge on any atom is -0.439 e. The molecule has 0 spiro atoms. The summed E-state index contributed by atoms with van der Waals surface area (Å²) in [6.45, 7) is 5.40.